The third kappa shape index (κ3) is 3.53. The second kappa shape index (κ2) is 6.56. The molecule has 1 atom stereocenters. The van der Waals surface area contributed by atoms with Crippen molar-refractivity contribution in [2.24, 2.45) is 0 Å². The maximum atomic E-state index is 11.9. The maximum Gasteiger partial charge on any atom is 0.315 e. The zero-order chi connectivity index (χ0) is 16.2. The van der Waals surface area contributed by atoms with Gasteiger partial charge in [0.15, 0.2) is 0 Å². The first kappa shape index (κ1) is 15.1. The average molecular weight is 313 g/mol. The molecule has 0 saturated carbocycles. The van der Waals surface area contributed by atoms with Crippen molar-refractivity contribution in [3.8, 4) is 5.75 Å². The van der Waals surface area contributed by atoms with Crippen LogP contribution in [0.4, 0.5) is 4.79 Å². The second-order valence-corrected chi connectivity index (χ2v) is 5.50. The SMILES string of the molecule is COc1ccc2ccc(CCNC(=O)C3CNC(=O)N3)cc2c1. The number of urea groups is 1. The summed E-state index contributed by atoms with van der Waals surface area (Å²) in [6.45, 7) is 0.862. The lowest BCUT2D eigenvalue weighted by atomic mass is 10.0. The molecule has 3 N–H and O–H groups in total. The summed E-state index contributed by atoms with van der Waals surface area (Å²) in [5, 5.41) is 10.2. The van der Waals surface area contributed by atoms with Crippen LogP contribution in [0, 0.1) is 0 Å². The summed E-state index contributed by atoms with van der Waals surface area (Å²) >= 11 is 0. The van der Waals surface area contributed by atoms with Crippen molar-refractivity contribution in [3.63, 3.8) is 0 Å². The summed E-state index contributed by atoms with van der Waals surface area (Å²) in [5.74, 6) is 0.665. The summed E-state index contributed by atoms with van der Waals surface area (Å²) < 4.78 is 5.24. The van der Waals surface area contributed by atoms with Gasteiger partial charge < -0.3 is 20.7 Å². The lowest BCUT2D eigenvalue weighted by molar-refractivity contribution is -0.122. The molecule has 0 aliphatic carbocycles. The van der Waals surface area contributed by atoms with Gasteiger partial charge in [0.05, 0.1) is 7.11 Å². The van der Waals surface area contributed by atoms with Crippen LogP contribution in [0.5, 0.6) is 5.75 Å². The zero-order valence-electron chi connectivity index (χ0n) is 12.9. The van der Waals surface area contributed by atoms with Crippen molar-refractivity contribution < 1.29 is 14.3 Å². The number of methoxy groups -OCH3 is 1. The van der Waals surface area contributed by atoms with Gasteiger partial charge >= 0.3 is 6.03 Å². The minimum atomic E-state index is -0.483. The molecule has 0 aromatic heterocycles. The molecule has 3 rings (SSSR count). The van der Waals surface area contributed by atoms with Gasteiger partial charge in [-0.15, -0.1) is 0 Å². The van der Waals surface area contributed by atoms with E-state index in [1.54, 1.807) is 7.11 Å². The number of rotatable bonds is 5. The Morgan fingerprint density at radius 3 is 2.83 bits per heavy atom. The Balaban J connectivity index is 1.58. The smallest absolute Gasteiger partial charge is 0.315 e. The van der Waals surface area contributed by atoms with E-state index in [0.717, 1.165) is 28.5 Å². The van der Waals surface area contributed by atoms with Gasteiger partial charge in [0, 0.05) is 13.1 Å². The molecule has 2 aromatic carbocycles. The Morgan fingerprint density at radius 1 is 1.26 bits per heavy atom. The van der Waals surface area contributed by atoms with E-state index in [0.29, 0.717) is 13.1 Å². The lowest BCUT2D eigenvalue weighted by Crippen LogP contribution is -2.43. The van der Waals surface area contributed by atoms with Gasteiger partial charge in [0.25, 0.3) is 0 Å². The van der Waals surface area contributed by atoms with E-state index in [2.05, 4.69) is 34.1 Å². The summed E-state index contributed by atoms with van der Waals surface area (Å²) in [6, 6.07) is 11.4. The molecule has 1 fully saturated rings. The highest BCUT2D eigenvalue weighted by Gasteiger charge is 2.26. The van der Waals surface area contributed by atoms with Crippen LogP contribution in [-0.2, 0) is 11.2 Å². The minimum absolute atomic E-state index is 0.161. The molecule has 120 valence electrons. The van der Waals surface area contributed by atoms with Crippen molar-refractivity contribution >= 4 is 22.7 Å². The molecule has 1 aliphatic rings. The topological polar surface area (TPSA) is 79.5 Å². The van der Waals surface area contributed by atoms with Crippen molar-refractivity contribution in [1.29, 1.82) is 0 Å². The third-order valence-corrected chi connectivity index (χ3v) is 3.91. The van der Waals surface area contributed by atoms with Crippen LogP contribution in [0.3, 0.4) is 0 Å². The van der Waals surface area contributed by atoms with Crippen LogP contribution in [0.15, 0.2) is 36.4 Å². The van der Waals surface area contributed by atoms with E-state index in [-0.39, 0.29) is 11.9 Å². The maximum absolute atomic E-state index is 11.9. The molecule has 1 unspecified atom stereocenters. The largest absolute Gasteiger partial charge is 0.497 e. The first-order chi connectivity index (χ1) is 11.2. The predicted octanol–water partition coefficient (Wildman–Crippen LogP) is 1.19. The highest BCUT2D eigenvalue weighted by atomic mass is 16.5. The summed E-state index contributed by atoms with van der Waals surface area (Å²) in [4.78, 5) is 22.9. The number of hydrogen-bond donors (Lipinski definition) is 3. The predicted molar refractivity (Wildman–Crippen MR) is 87.5 cm³/mol. The molecule has 1 heterocycles. The van der Waals surface area contributed by atoms with Gasteiger partial charge in [0.1, 0.15) is 11.8 Å². The van der Waals surface area contributed by atoms with Gasteiger partial charge in [-0.25, -0.2) is 4.79 Å². The highest BCUT2D eigenvalue weighted by molar-refractivity contribution is 5.90. The molecule has 1 aliphatic heterocycles. The molecule has 6 heteroatoms. The molecule has 0 spiro atoms. The fourth-order valence-electron chi connectivity index (χ4n) is 2.62. The molecule has 0 bridgehead atoms. The third-order valence-electron chi connectivity index (χ3n) is 3.91. The Kier molecular flexibility index (Phi) is 4.32. The molecular weight excluding hydrogens is 294 g/mol. The van der Waals surface area contributed by atoms with E-state index >= 15 is 0 Å². The normalized spacial score (nSPS) is 16.7. The Hall–Kier alpha value is -2.76. The quantitative estimate of drug-likeness (QED) is 0.776. The van der Waals surface area contributed by atoms with Crippen LogP contribution in [0.2, 0.25) is 0 Å². The van der Waals surface area contributed by atoms with Crippen molar-refractivity contribution in [3.05, 3.63) is 42.0 Å². The van der Waals surface area contributed by atoms with E-state index in [9.17, 15) is 9.59 Å². The summed E-state index contributed by atoms with van der Waals surface area (Å²) in [5.41, 5.74) is 1.14. The van der Waals surface area contributed by atoms with Crippen molar-refractivity contribution in [1.82, 2.24) is 16.0 Å². The summed E-state index contributed by atoms with van der Waals surface area (Å²) in [6.07, 6.45) is 0.729. The zero-order valence-corrected chi connectivity index (χ0v) is 12.9. The minimum Gasteiger partial charge on any atom is -0.497 e. The fourth-order valence-corrected chi connectivity index (χ4v) is 2.62. The highest BCUT2D eigenvalue weighted by Crippen LogP contribution is 2.22. The van der Waals surface area contributed by atoms with Gasteiger partial charge in [0.2, 0.25) is 5.91 Å². The van der Waals surface area contributed by atoms with E-state index in [4.69, 9.17) is 4.74 Å². The molecule has 0 radical (unpaired) electrons. The average Bonchev–Trinajstić information content (AvgIpc) is 3.00. The van der Waals surface area contributed by atoms with Gasteiger partial charge in [-0.05, 0) is 34.9 Å². The first-order valence-electron chi connectivity index (χ1n) is 7.54. The molecule has 3 amide bonds. The number of nitrogens with one attached hydrogen (secondary N) is 3. The number of benzene rings is 2. The monoisotopic (exact) mass is 313 g/mol. The number of amides is 3. The molecule has 1 saturated heterocycles. The fraction of sp³-hybridized carbons (Fsp3) is 0.294. The first-order valence-corrected chi connectivity index (χ1v) is 7.54. The van der Waals surface area contributed by atoms with Gasteiger partial charge in [-0.3, -0.25) is 4.79 Å². The molecule has 6 nitrogen and oxygen atoms in total. The van der Waals surface area contributed by atoms with Gasteiger partial charge in [-0.1, -0.05) is 24.3 Å². The second-order valence-electron chi connectivity index (χ2n) is 5.50. The molecule has 23 heavy (non-hydrogen) atoms. The molecular formula is C17H19N3O3. The van der Waals surface area contributed by atoms with E-state index in [1.807, 2.05) is 18.2 Å². The Morgan fingerprint density at radius 2 is 2.09 bits per heavy atom. The van der Waals surface area contributed by atoms with Gasteiger partial charge in [-0.2, -0.15) is 0 Å². The van der Waals surface area contributed by atoms with Crippen LogP contribution in [-0.4, -0.2) is 38.2 Å². The number of ether oxygens (including phenoxy) is 1. The van der Waals surface area contributed by atoms with Crippen molar-refractivity contribution in [2.75, 3.05) is 20.2 Å². The van der Waals surface area contributed by atoms with Crippen LogP contribution in [0.1, 0.15) is 5.56 Å². The Bertz CT molecular complexity index is 745. The van der Waals surface area contributed by atoms with E-state index < -0.39 is 6.04 Å². The van der Waals surface area contributed by atoms with Crippen LogP contribution < -0.4 is 20.7 Å². The van der Waals surface area contributed by atoms with Crippen LogP contribution in [0.25, 0.3) is 10.8 Å². The standard InChI is InChI=1S/C17H19N3O3/c1-23-14-5-4-12-3-2-11(8-13(12)9-14)6-7-18-16(21)15-10-19-17(22)20-15/h2-5,8-9,15H,6-7,10H2,1H3,(H,18,21)(H2,19,20,22). The van der Waals surface area contributed by atoms with Crippen LogP contribution >= 0.6 is 0 Å². The van der Waals surface area contributed by atoms with E-state index in [1.165, 1.54) is 0 Å². The number of carbonyl (C=O) groups is 2. The molecule has 2 aromatic rings. The van der Waals surface area contributed by atoms with Crippen molar-refractivity contribution in [2.45, 2.75) is 12.5 Å². The number of carbonyl (C=O) groups excluding carboxylic acids is 2. The number of hydrogen-bond acceptors (Lipinski definition) is 3. The lowest BCUT2D eigenvalue weighted by Gasteiger charge is -2.10. The Labute approximate surface area is 134 Å². The number of fused-ring (bicyclic) bond motifs is 1. The summed E-state index contributed by atoms with van der Waals surface area (Å²) in [7, 11) is 1.65.